The molecule has 5 heteroatoms. The Kier molecular flexibility index (Phi) is 4.37. The maximum atomic E-state index is 12.7. The van der Waals surface area contributed by atoms with Crippen LogP contribution in [-0.2, 0) is 6.42 Å². The monoisotopic (exact) mass is 310 g/mol. The fraction of sp³-hybridized carbons (Fsp3) is 0.278. The van der Waals surface area contributed by atoms with E-state index in [-0.39, 0.29) is 23.2 Å². The third kappa shape index (κ3) is 3.39. The standard InChI is InChI=1S/C18H18N2O3/c21-17(16-12-14(18(22)23)8-9-19-16)20-10-4-7-15(20)11-13-5-2-1-3-6-13/h1-3,5-6,8-9,12,15H,4,7,10-11H2,(H,22,23). The minimum absolute atomic E-state index is 0.0853. The number of carbonyl (C=O) groups excluding carboxylic acids is 1. The highest BCUT2D eigenvalue weighted by molar-refractivity contribution is 5.96. The lowest BCUT2D eigenvalue weighted by Crippen LogP contribution is -2.37. The molecular formula is C18H18N2O3. The van der Waals surface area contributed by atoms with Crippen molar-refractivity contribution < 1.29 is 14.7 Å². The largest absolute Gasteiger partial charge is 0.478 e. The number of hydrogen-bond acceptors (Lipinski definition) is 3. The summed E-state index contributed by atoms with van der Waals surface area (Å²) in [6.07, 6.45) is 4.10. The van der Waals surface area contributed by atoms with Crippen LogP contribution >= 0.6 is 0 Å². The van der Waals surface area contributed by atoms with E-state index in [4.69, 9.17) is 5.11 Å². The van der Waals surface area contributed by atoms with Crippen LogP contribution in [0.2, 0.25) is 0 Å². The summed E-state index contributed by atoms with van der Waals surface area (Å²) in [5, 5.41) is 9.05. The van der Waals surface area contributed by atoms with E-state index < -0.39 is 5.97 Å². The van der Waals surface area contributed by atoms with E-state index in [1.54, 1.807) is 0 Å². The molecule has 0 saturated carbocycles. The predicted molar refractivity (Wildman–Crippen MR) is 85.4 cm³/mol. The van der Waals surface area contributed by atoms with Crippen molar-refractivity contribution in [2.24, 2.45) is 0 Å². The van der Waals surface area contributed by atoms with Crippen molar-refractivity contribution in [1.82, 2.24) is 9.88 Å². The molecule has 0 aliphatic carbocycles. The van der Waals surface area contributed by atoms with E-state index >= 15 is 0 Å². The summed E-state index contributed by atoms with van der Waals surface area (Å²) in [7, 11) is 0. The Morgan fingerprint density at radius 3 is 2.74 bits per heavy atom. The van der Waals surface area contributed by atoms with Gasteiger partial charge in [-0.2, -0.15) is 0 Å². The van der Waals surface area contributed by atoms with Gasteiger partial charge >= 0.3 is 5.97 Å². The van der Waals surface area contributed by atoms with Crippen LogP contribution in [0.15, 0.2) is 48.7 Å². The molecule has 1 atom stereocenters. The molecular weight excluding hydrogens is 292 g/mol. The zero-order valence-electron chi connectivity index (χ0n) is 12.7. The highest BCUT2D eigenvalue weighted by Gasteiger charge is 2.30. The molecule has 118 valence electrons. The van der Waals surface area contributed by atoms with Crippen LogP contribution in [0.1, 0.15) is 39.3 Å². The maximum Gasteiger partial charge on any atom is 0.335 e. The number of carboxylic acids is 1. The lowest BCUT2D eigenvalue weighted by atomic mass is 10.0. The molecule has 1 saturated heterocycles. The number of benzene rings is 1. The van der Waals surface area contributed by atoms with E-state index in [1.165, 1.54) is 23.9 Å². The Labute approximate surface area is 134 Å². The quantitative estimate of drug-likeness (QED) is 0.942. The van der Waals surface area contributed by atoms with Crippen LogP contribution < -0.4 is 0 Å². The third-order valence-electron chi connectivity index (χ3n) is 4.18. The van der Waals surface area contributed by atoms with Gasteiger partial charge in [0.25, 0.3) is 5.91 Å². The van der Waals surface area contributed by atoms with Crippen molar-refractivity contribution >= 4 is 11.9 Å². The molecule has 0 radical (unpaired) electrons. The SMILES string of the molecule is O=C(O)c1ccnc(C(=O)N2CCCC2Cc2ccccc2)c1. The number of likely N-dealkylation sites (tertiary alicyclic amines) is 1. The summed E-state index contributed by atoms with van der Waals surface area (Å²) < 4.78 is 0. The first kappa shape index (κ1) is 15.2. The molecule has 23 heavy (non-hydrogen) atoms. The number of rotatable bonds is 4. The van der Waals surface area contributed by atoms with Crippen LogP contribution in [0.25, 0.3) is 0 Å². The normalized spacial score (nSPS) is 17.2. The van der Waals surface area contributed by atoms with Gasteiger partial charge in [0.2, 0.25) is 0 Å². The van der Waals surface area contributed by atoms with E-state index in [2.05, 4.69) is 17.1 Å². The lowest BCUT2D eigenvalue weighted by molar-refractivity contribution is 0.0696. The van der Waals surface area contributed by atoms with Crippen LogP contribution in [0, 0.1) is 0 Å². The molecule has 1 aliphatic rings. The van der Waals surface area contributed by atoms with Gasteiger partial charge in [-0.05, 0) is 37.0 Å². The number of amides is 1. The molecule has 2 aromatic rings. The molecule has 1 aliphatic heterocycles. The molecule has 0 spiro atoms. The summed E-state index contributed by atoms with van der Waals surface area (Å²) in [4.78, 5) is 29.6. The second kappa shape index (κ2) is 6.60. The number of aromatic nitrogens is 1. The van der Waals surface area contributed by atoms with Crippen molar-refractivity contribution in [2.45, 2.75) is 25.3 Å². The van der Waals surface area contributed by atoms with Gasteiger partial charge in [-0.3, -0.25) is 9.78 Å². The Hall–Kier alpha value is -2.69. The van der Waals surface area contributed by atoms with Crippen LogP contribution in [0.5, 0.6) is 0 Å². The maximum absolute atomic E-state index is 12.7. The van der Waals surface area contributed by atoms with E-state index in [9.17, 15) is 9.59 Å². The summed E-state index contributed by atoms with van der Waals surface area (Å²) in [6.45, 7) is 0.690. The smallest absolute Gasteiger partial charge is 0.335 e. The Morgan fingerprint density at radius 1 is 1.22 bits per heavy atom. The molecule has 1 aromatic heterocycles. The molecule has 2 heterocycles. The third-order valence-corrected chi connectivity index (χ3v) is 4.18. The van der Waals surface area contributed by atoms with Crippen LogP contribution in [0.4, 0.5) is 0 Å². The average molecular weight is 310 g/mol. The molecule has 1 fully saturated rings. The molecule has 0 bridgehead atoms. The van der Waals surface area contributed by atoms with Gasteiger partial charge in [0.15, 0.2) is 0 Å². The molecule has 3 rings (SSSR count). The summed E-state index contributed by atoms with van der Waals surface area (Å²) in [6, 6.07) is 13.0. The predicted octanol–water partition coefficient (Wildman–Crippen LogP) is 2.63. The number of hydrogen-bond donors (Lipinski definition) is 1. The van der Waals surface area contributed by atoms with Crippen LogP contribution in [0.3, 0.4) is 0 Å². The van der Waals surface area contributed by atoms with E-state index in [1.807, 2.05) is 23.1 Å². The zero-order chi connectivity index (χ0) is 16.2. The molecule has 1 unspecified atom stereocenters. The average Bonchev–Trinajstić information content (AvgIpc) is 3.03. The highest BCUT2D eigenvalue weighted by Crippen LogP contribution is 2.23. The van der Waals surface area contributed by atoms with E-state index in [0.29, 0.717) is 6.54 Å². The van der Waals surface area contributed by atoms with Gasteiger partial charge in [-0.25, -0.2) is 4.79 Å². The van der Waals surface area contributed by atoms with Crippen molar-refractivity contribution in [3.63, 3.8) is 0 Å². The zero-order valence-corrected chi connectivity index (χ0v) is 12.7. The van der Waals surface area contributed by atoms with E-state index in [0.717, 1.165) is 19.3 Å². The molecule has 5 nitrogen and oxygen atoms in total. The van der Waals surface area contributed by atoms with Crippen molar-refractivity contribution in [1.29, 1.82) is 0 Å². The number of nitrogens with zero attached hydrogens (tertiary/aromatic N) is 2. The van der Waals surface area contributed by atoms with Crippen molar-refractivity contribution in [3.05, 3.63) is 65.5 Å². The Balaban J connectivity index is 1.78. The van der Waals surface area contributed by atoms with Gasteiger partial charge in [0, 0.05) is 18.8 Å². The first-order chi connectivity index (χ1) is 11.1. The van der Waals surface area contributed by atoms with Gasteiger partial charge in [0.1, 0.15) is 5.69 Å². The summed E-state index contributed by atoms with van der Waals surface area (Å²) in [5.74, 6) is -1.24. The van der Waals surface area contributed by atoms with Gasteiger partial charge in [-0.1, -0.05) is 30.3 Å². The number of pyridine rings is 1. The van der Waals surface area contributed by atoms with Gasteiger partial charge < -0.3 is 10.0 Å². The number of carboxylic acid groups (broad SMARTS) is 1. The second-order valence-corrected chi connectivity index (χ2v) is 5.72. The summed E-state index contributed by atoms with van der Waals surface area (Å²) in [5.41, 5.74) is 1.48. The highest BCUT2D eigenvalue weighted by atomic mass is 16.4. The topological polar surface area (TPSA) is 70.5 Å². The van der Waals surface area contributed by atoms with Crippen LogP contribution in [-0.4, -0.2) is 39.5 Å². The summed E-state index contributed by atoms with van der Waals surface area (Å²) >= 11 is 0. The van der Waals surface area contributed by atoms with Gasteiger partial charge in [-0.15, -0.1) is 0 Å². The first-order valence-corrected chi connectivity index (χ1v) is 7.69. The second-order valence-electron chi connectivity index (χ2n) is 5.72. The molecule has 1 N–H and O–H groups in total. The lowest BCUT2D eigenvalue weighted by Gasteiger charge is -2.24. The van der Waals surface area contributed by atoms with Gasteiger partial charge in [0.05, 0.1) is 5.56 Å². The fourth-order valence-corrected chi connectivity index (χ4v) is 3.03. The van der Waals surface area contributed by atoms with Crippen molar-refractivity contribution in [2.75, 3.05) is 6.54 Å². The fourth-order valence-electron chi connectivity index (χ4n) is 3.03. The molecule has 1 aromatic carbocycles. The Morgan fingerprint density at radius 2 is 2.00 bits per heavy atom. The van der Waals surface area contributed by atoms with Crippen molar-refractivity contribution in [3.8, 4) is 0 Å². The minimum Gasteiger partial charge on any atom is -0.478 e. The Bertz CT molecular complexity index is 715. The minimum atomic E-state index is -1.05. The number of aromatic carboxylic acids is 1. The molecule has 1 amide bonds. The number of carbonyl (C=O) groups is 2. The first-order valence-electron chi connectivity index (χ1n) is 7.69.